The fourth-order valence-electron chi connectivity index (χ4n) is 2.05. The molecule has 0 atom stereocenters. The van der Waals surface area contributed by atoms with Gasteiger partial charge in [-0.15, -0.1) is 0 Å². The fourth-order valence-corrected chi connectivity index (χ4v) is 2.05. The van der Waals surface area contributed by atoms with Crippen molar-refractivity contribution in [2.75, 3.05) is 24.5 Å². The number of amides is 1. The highest BCUT2D eigenvalue weighted by molar-refractivity contribution is 5.89. The number of carbonyl (C=O) groups is 2. The Bertz CT molecular complexity index is 530. The molecule has 1 heterocycles. The minimum atomic E-state index is -0.550. The van der Waals surface area contributed by atoms with Crippen LogP contribution >= 0.6 is 0 Å². The first-order valence-electron chi connectivity index (χ1n) is 5.87. The third kappa shape index (κ3) is 2.87. The lowest BCUT2D eigenvalue weighted by Crippen LogP contribution is -2.33. The van der Waals surface area contributed by atoms with Crippen molar-refractivity contribution < 1.29 is 14.5 Å². The molecule has 1 N–H and O–H groups in total. The number of rotatable bonds is 3. The van der Waals surface area contributed by atoms with Crippen molar-refractivity contribution in [3.05, 3.63) is 33.9 Å². The van der Waals surface area contributed by atoms with Crippen LogP contribution in [0.3, 0.4) is 0 Å². The Labute approximate surface area is 109 Å². The molecule has 7 heteroatoms. The molecule has 0 bridgehead atoms. The quantitative estimate of drug-likeness (QED) is 0.493. The van der Waals surface area contributed by atoms with Crippen LogP contribution in [-0.4, -0.2) is 36.8 Å². The molecule has 7 nitrogen and oxygen atoms in total. The molecule has 0 aliphatic carbocycles. The topological polar surface area (TPSA) is 92.5 Å². The van der Waals surface area contributed by atoms with Crippen LogP contribution in [0.1, 0.15) is 16.8 Å². The predicted octanol–water partition coefficient (Wildman–Crippen LogP) is 0.734. The number of aldehydes is 1. The summed E-state index contributed by atoms with van der Waals surface area (Å²) in [6.45, 7) is 1.37. The van der Waals surface area contributed by atoms with E-state index in [1.54, 1.807) is 4.90 Å². The second-order valence-corrected chi connectivity index (χ2v) is 4.24. The largest absolute Gasteiger partial charge is 0.362 e. The molecule has 1 aromatic carbocycles. The average Bonchev–Trinajstić information content (AvgIpc) is 2.62. The van der Waals surface area contributed by atoms with Gasteiger partial charge in [0, 0.05) is 36.5 Å². The Balaban J connectivity index is 2.35. The standard InChI is InChI=1S/C12H13N3O4/c16-8-9-6-10(15(18)19)2-3-11(9)14-5-1-4-13-12(17)7-14/h2-3,6,8H,1,4-5,7H2,(H,13,17). The molecule has 1 amide bonds. The highest BCUT2D eigenvalue weighted by Gasteiger charge is 2.19. The molecule has 19 heavy (non-hydrogen) atoms. The molecule has 0 unspecified atom stereocenters. The Morgan fingerprint density at radius 3 is 2.89 bits per heavy atom. The van der Waals surface area contributed by atoms with Gasteiger partial charge in [-0.2, -0.15) is 0 Å². The van der Waals surface area contributed by atoms with Crippen LogP contribution < -0.4 is 10.2 Å². The molecular weight excluding hydrogens is 250 g/mol. The van der Waals surface area contributed by atoms with Crippen molar-refractivity contribution in [1.82, 2.24) is 5.32 Å². The van der Waals surface area contributed by atoms with E-state index in [1.807, 2.05) is 0 Å². The third-order valence-corrected chi connectivity index (χ3v) is 2.95. The highest BCUT2D eigenvalue weighted by Crippen LogP contribution is 2.24. The molecule has 100 valence electrons. The summed E-state index contributed by atoms with van der Waals surface area (Å²) < 4.78 is 0. The number of hydrogen-bond donors (Lipinski definition) is 1. The first-order chi connectivity index (χ1) is 9.11. The van der Waals surface area contributed by atoms with E-state index in [1.165, 1.54) is 18.2 Å². The minimum Gasteiger partial charge on any atom is -0.362 e. The van der Waals surface area contributed by atoms with Crippen LogP contribution in [0, 0.1) is 10.1 Å². The van der Waals surface area contributed by atoms with E-state index in [2.05, 4.69) is 5.32 Å². The van der Waals surface area contributed by atoms with Crippen LogP contribution in [0.4, 0.5) is 11.4 Å². The van der Waals surface area contributed by atoms with E-state index < -0.39 is 4.92 Å². The third-order valence-electron chi connectivity index (χ3n) is 2.95. The summed E-state index contributed by atoms with van der Waals surface area (Å²) in [4.78, 5) is 34.4. The van der Waals surface area contributed by atoms with Gasteiger partial charge >= 0.3 is 0 Å². The first-order valence-corrected chi connectivity index (χ1v) is 5.87. The van der Waals surface area contributed by atoms with Crippen molar-refractivity contribution in [1.29, 1.82) is 0 Å². The van der Waals surface area contributed by atoms with Crippen LogP contribution in [-0.2, 0) is 4.79 Å². The van der Waals surface area contributed by atoms with E-state index in [9.17, 15) is 19.7 Å². The summed E-state index contributed by atoms with van der Waals surface area (Å²) in [5.41, 5.74) is 0.645. The van der Waals surface area contributed by atoms with Crippen molar-refractivity contribution in [3.8, 4) is 0 Å². The van der Waals surface area contributed by atoms with Crippen LogP contribution in [0.15, 0.2) is 18.2 Å². The van der Waals surface area contributed by atoms with E-state index >= 15 is 0 Å². The SMILES string of the molecule is O=Cc1cc([N+](=O)[O-])ccc1N1CCCNC(=O)C1. The zero-order chi connectivity index (χ0) is 13.8. The van der Waals surface area contributed by atoms with Gasteiger partial charge in [-0.3, -0.25) is 19.7 Å². The smallest absolute Gasteiger partial charge is 0.270 e. The van der Waals surface area contributed by atoms with Gasteiger partial charge in [-0.05, 0) is 12.5 Å². The lowest BCUT2D eigenvalue weighted by atomic mass is 10.1. The number of carbonyl (C=O) groups excluding carboxylic acids is 2. The van der Waals surface area contributed by atoms with E-state index in [0.717, 1.165) is 6.42 Å². The molecule has 0 aromatic heterocycles. The molecule has 0 saturated carbocycles. The highest BCUT2D eigenvalue weighted by atomic mass is 16.6. The summed E-state index contributed by atoms with van der Waals surface area (Å²) >= 11 is 0. The number of non-ortho nitro benzene ring substituents is 1. The molecule has 1 aliphatic heterocycles. The van der Waals surface area contributed by atoms with Gasteiger partial charge in [0.15, 0.2) is 6.29 Å². The van der Waals surface area contributed by atoms with Gasteiger partial charge in [0.05, 0.1) is 11.5 Å². The molecular formula is C12H13N3O4. The monoisotopic (exact) mass is 263 g/mol. The number of benzene rings is 1. The Morgan fingerprint density at radius 2 is 2.21 bits per heavy atom. The molecule has 1 fully saturated rings. The number of nitrogens with one attached hydrogen (secondary N) is 1. The number of hydrogen-bond acceptors (Lipinski definition) is 5. The summed E-state index contributed by atoms with van der Waals surface area (Å²) in [7, 11) is 0. The molecule has 1 saturated heterocycles. The van der Waals surface area contributed by atoms with E-state index in [-0.39, 0.29) is 23.7 Å². The minimum absolute atomic E-state index is 0.118. The fraction of sp³-hybridized carbons (Fsp3) is 0.333. The maximum absolute atomic E-state index is 11.5. The molecule has 1 aromatic rings. The summed E-state index contributed by atoms with van der Waals surface area (Å²) in [5.74, 6) is -0.118. The summed E-state index contributed by atoms with van der Waals surface area (Å²) in [5, 5.41) is 13.4. The van der Waals surface area contributed by atoms with Gasteiger partial charge in [-0.1, -0.05) is 0 Å². The van der Waals surface area contributed by atoms with Crippen LogP contribution in [0.5, 0.6) is 0 Å². The lowest BCUT2D eigenvalue weighted by Gasteiger charge is -2.22. The normalized spacial score (nSPS) is 15.6. The van der Waals surface area contributed by atoms with E-state index in [4.69, 9.17) is 0 Å². The lowest BCUT2D eigenvalue weighted by molar-refractivity contribution is -0.384. The zero-order valence-electron chi connectivity index (χ0n) is 10.2. The Morgan fingerprint density at radius 1 is 1.42 bits per heavy atom. The van der Waals surface area contributed by atoms with Gasteiger partial charge in [-0.25, -0.2) is 0 Å². The Kier molecular flexibility index (Phi) is 3.74. The predicted molar refractivity (Wildman–Crippen MR) is 68.3 cm³/mol. The van der Waals surface area contributed by atoms with Crippen LogP contribution in [0.25, 0.3) is 0 Å². The molecule has 0 radical (unpaired) electrons. The Hall–Kier alpha value is -2.44. The van der Waals surface area contributed by atoms with Gasteiger partial charge < -0.3 is 10.2 Å². The maximum Gasteiger partial charge on any atom is 0.270 e. The second kappa shape index (κ2) is 5.47. The van der Waals surface area contributed by atoms with Gasteiger partial charge in [0.1, 0.15) is 0 Å². The van der Waals surface area contributed by atoms with Gasteiger partial charge in [0.2, 0.25) is 5.91 Å². The van der Waals surface area contributed by atoms with Crippen molar-refractivity contribution in [3.63, 3.8) is 0 Å². The van der Waals surface area contributed by atoms with Crippen molar-refractivity contribution in [2.24, 2.45) is 0 Å². The zero-order valence-corrected chi connectivity index (χ0v) is 10.2. The van der Waals surface area contributed by atoms with Crippen LogP contribution in [0.2, 0.25) is 0 Å². The molecule has 0 spiro atoms. The van der Waals surface area contributed by atoms with Crippen molar-refractivity contribution in [2.45, 2.75) is 6.42 Å². The molecule has 1 aliphatic rings. The second-order valence-electron chi connectivity index (χ2n) is 4.24. The maximum atomic E-state index is 11.5. The van der Waals surface area contributed by atoms with E-state index in [0.29, 0.717) is 25.1 Å². The average molecular weight is 263 g/mol. The number of nitrogens with zero attached hydrogens (tertiary/aromatic N) is 2. The molecule has 2 rings (SSSR count). The summed E-state index contributed by atoms with van der Waals surface area (Å²) in [6, 6.07) is 4.08. The first kappa shape index (κ1) is 13.0. The summed E-state index contributed by atoms with van der Waals surface area (Å²) in [6.07, 6.45) is 1.34. The van der Waals surface area contributed by atoms with Gasteiger partial charge in [0.25, 0.3) is 5.69 Å². The number of nitro groups is 1. The van der Waals surface area contributed by atoms with Crippen molar-refractivity contribution >= 4 is 23.6 Å². The number of nitro benzene ring substituents is 1. The number of anilines is 1.